The minimum Gasteiger partial charge on any atom is -0.373 e. The van der Waals surface area contributed by atoms with Gasteiger partial charge in [-0.2, -0.15) is 0 Å². The lowest BCUT2D eigenvalue weighted by Crippen LogP contribution is -2.22. The van der Waals surface area contributed by atoms with Crippen LogP contribution in [-0.2, 0) is 10.6 Å². The molecular formula is C14H14ClIN2O. The second kappa shape index (κ2) is 4.60. The van der Waals surface area contributed by atoms with Crippen LogP contribution in [0, 0.1) is 3.57 Å². The molecule has 2 aromatic rings. The lowest BCUT2D eigenvalue weighted by molar-refractivity contribution is 0.0940. The molecule has 3 heterocycles. The predicted molar refractivity (Wildman–Crippen MR) is 83.6 cm³/mol. The molecule has 5 heteroatoms. The van der Waals surface area contributed by atoms with Crippen molar-refractivity contribution >= 4 is 45.2 Å². The van der Waals surface area contributed by atoms with Crippen LogP contribution in [0.5, 0.6) is 0 Å². The lowest BCUT2D eigenvalue weighted by atomic mass is 9.95. The van der Waals surface area contributed by atoms with Crippen molar-refractivity contribution in [1.29, 1.82) is 0 Å². The van der Waals surface area contributed by atoms with Crippen molar-refractivity contribution in [3.8, 4) is 0 Å². The van der Waals surface area contributed by atoms with Crippen molar-refractivity contribution in [1.82, 2.24) is 9.55 Å². The molecule has 2 saturated heterocycles. The van der Waals surface area contributed by atoms with Crippen LogP contribution in [0.15, 0.2) is 18.2 Å². The van der Waals surface area contributed by atoms with Crippen LogP contribution < -0.4 is 0 Å². The fourth-order valence-electron chi connectivity index (χ4n) is 3.47. The number of aromatic nitrogens is 2. The van der Waals surface area contributed by atoms with E-state index < -0.39 is 0 Å². The standard InChI is InChI=1S/C14H14ClIN2O/c15-7-14-17-10-5-8(16)1-3-11(10)18(14)12-6-9-2-4-13(12)19-9/h1,3,5,9,12-13H,2,4,6-7H2. The Morgan fingerprint density at radius 3 is 3.00 bits per heavy atom. The zero-order chi connectivity index (χ0) is 13.0. The number of fused-ring (bicyclic) bond motifs is 3. The Labute approximate surface area is 130 Å². The van der Waals surface area contributed by atoms with Gasteiger partial charge in [0.1, 0.15) is 5.82 Å². The molecule has 100 valence electrons. The summed E-state index contributed by atoms with van der Waals surface area (Å²) in [5, 5.41) is 0. The molecule has 0 amide bonds. The molecule has 2 fully saturated rings. The Morgan fingerprint density at radius 1 is 1.42 bits per heavy atom. The summed E-state index contributed by atoms with van der Waals surface area (Å²) in [4.78, 5) is 4.69. The highest BCUT2D eigenvalue weighted by Crippen LogP contribution is 2.43. The van der Waals surface area contributed by atoms with Crippen LogP contribution in [0.1, 0.15) is 31.1 Å². The van der Waals surface area contributed by atoms with Gasteiger partial charge in [-0.15, -0.1) is 11.6 Å². The Bertz CT molecular complexity index is 642. The first-order chi connectivity index (χ1) is 9.26. The van der Waals surface area contributed by atoms with E-state index in [0.29, 0.717) is 24.1 Å². The first kappa shape index (κ1) is 12.4. The molecule has 1 aromatic carbocycles. The molecule has 2 aliphatic heterocycles. The minimum atomic E-state index is 0.351. The first-order valence-corrected chi connectivity index (χ1v) is 8.25. The molecule has 0 aliphatic carbocycles. The van der Waals surface area contributed by atoms with E-state index in [2.05, 4.69) is 45.4 Å². The highest BCUT2D eigenvalue weighted by molar-refractivity contribution is 14.1. The van der Waals surface area contributed by atoms with Crippen molar-refractivity contribution in [2.45, 2.75) is 43.4 Å². The van der Waals surface area contributed by atoms with E-state index in [9.17, 15) is 0 Å². The van der Waals surface area contributed by atoms with Gasteiger partial charge in [-0.25, -0.2) is 4.98 Å². The largest absolute Gasteiger partial charge is 0.373 e. The molecule has 3 nitrogen and oxygen atoms in total. The van der Waals surface area contributed by atoms with Gasteiger partial charge in [0.05, 0.1) is 35.2 Å². The number of benzene rings is 1. The Hall–Kier alpha value is -0.330. The summed E-state index contributed by atoms with van der Waals surface area (Å²) >= 11 is 8.42. The van der Waals surface area contributed by atoms with Crippen molar-refractivity contribution in [2.75, 3.05) is 0 Å². The lowest BCUT2D eigenvalue weighted by Gasteiger charge is -2.22. The van der Waals surface area contributed by atoms with Gasteiger partial charge < -0.3 is 9.30 Å². The predicted octanol–water partition coefficient (Wildman–Crippen LogP) is 3.87. The molecule has 1 aromatic heterocycles. The summed E-state index contributed by atoms with van der Waals surface area (Å²) in [7, 11) is 0. The molecular weight excluding hydrogens is 375 g/mol. The quantitative estimate of drug-likeness (QED) is 0.577. The van der Waals surface area contributed by atoms with E-state index in [1.807, 2.05) is 0 Å². The van der Waals surface area contributed by atoms with E-state index in [0.717, 1.165) is 17.8 Å². The number of imidazole rings is 1. The smallest absolute Gasteiger partial charge is 0.125 e. The Balaban J connectivity index is 1.88. The topological polar surface area (TPSA) is 27.1 Å². The van der Waals surface area contributed by atoms with Crippen LogP contribution in [-0.4, -0.2) is 21.8 Å². The third-order valence-corrected chi connectivity index (χ3v) is 5.16. The SMILES string of the molecule is ClCc1nc2cc(I)ccc2n1C1CC2CCC1O2. The fraction of sp³-hybridized carbons (Fsp3) is 0.500. The summed E-state index contributed by atoms with van der Waals surface area (Å²) in [5.74, 6) is 1.43. The van der Waals surface area contributed by atoms with Crippen LogP contribution in [0.25, 0.3) is 11.0 Å². The van der Waals surface area contributed by atoms with E-state index in [1.165, 1.54) is 21.9 Å². The van der Waals surface area contributed by atoms with Gasteiger partial charge >= 0.3 is 0 Å². The number of hydrogen-bond donors (Lipinski definition) is 0. The van der Waals surface area contributed by atoms with E-state index in [4.69, 9.17) is 21.3 Å². The van der Waals surface area contributed by atoms with Crippen molar-refractivity contribution < 1.29 is 4.74 Å². The number of halogens is 2. The molecule has 0 radical (unpaired) electrons. The molecule has 0 N–H and O–H groups in total. The van der Waals surface area contributed by atoms with Crippen LogP contribution >= 0.6 is 34.2 Å². The average Bonchev–Trinajstić information content (AvgIpc) is 3.09. The number of rotatable bonds is 2. The summed E-state index contributed by atoms with van der Waals surface area (Å²) in [6.45, 7) is 0. The van der Waals surface area contributed by atoms with Gasteiger partial charge in [-0.05, 0) is 60.1 Å². The van der Waals surface area contributed by atoms with Crippen molar-refractivity contribution in [2.24, 2.45) is 0 Å². The van der Waals surface area contributed by atoms with Gasteiger partial charge in [0.25, 0.3) is 0 Å². The highest BCUT2D eigenvalue weighted by atomic mass is 127. The highest BCUT2D eigenvalue weighted by Gasteiger charge is 2.42. The molecule has 0 saturated carbocycles. The Kier molecular flexibility index (Phi) is 3.01. The minimum absolute atomic E-state index is 0.351. The van der Waals surface area contributed by atoms with Crippen LogP contribution in [0.2, 0.25) is 0 Å². The van der Waals surface area contributed by atoms with Gasteiger partial charge in [0, 0.05) is 3.57 Å². The third-order valence-electron chi connectivity index (χ3n) is 4.25. The molecule has 3 atom stereocenters. The Morgan fingerprint density at radius 2 is 2.32 bits per heavy atom. The molecule has 4 rings (SSSR count). The van der Waals surface area contributed by atoms with Gasteiger partial charge in [0.15, 0.2) is 0 Å². The second-order valence-corrected chi connectivity index (χ2v) is 6.85. The molecule has 0 spiro atoms. The molecule has 3 unspecified atom stereocenters. The maximum absolute atomic E-state index is 6.10. The zero-order valence-electron chi connectivity index (χ0n) is 10.4. The summed E-state index contributed by atoms with van der Waals surface area (Å²) in [6, 6.07) is 6.83. The normalized spacial score (nSPS) is 29.5. The van der Waals surface area contributed by atoms with Crippen molar-refractivity contribution in [3.05, 3.63) is 27.6 Å². The number of nitrogens with zero attached hydrogens (tertiary/aromatic N) is 2. The van der Waals surface area contributed by atoms with Gasteiger partial charge in [-0.3, -0.25) is 0 Å². The van der Waals surface area contributed by atoms with Crippen molar-refractivity contribution in [3.63, 3.8) is 0 Å². The summed E-state index contributed by atoms with van der Waals surface area (Å²) in [5.41, 5.74) is 2.24. The maximum atomic E-state index is 6.10. The van der Waals surface area contributed by atoms with E-state index >= 15 is 0 Å². The molecule has 19 heavy (non-hydrogen) atoms. The second-order valence-electron chi connectivity index (χ2n) is 5.34. The third kappa shape index (κ3) is 1.91. The first-order valence-electron chi connectivity index (χ1n) is 6.64. The summed E-state index contributed by atoms with van der Waals surface area (Å²) < 4.78 is 9.52. The maximum Gasteiger partial charge on any atom is 0.125 e. The van der Waals surface area contributed by atoms with Crippen LogP contribution in [0.3, 0.4) is 0 Å². The van der Waals surface area contributed by atoms with Crippen LogP contribution in [0.4, 0.5) is 0 Å². The molecule has 2 aliphatic rings. The average molecular weight is 389 g/mol. The van der Waals surface area contributed by atoms with E-state index in [1.54, 1.807) is 0 Å². The fourth-order valence-corrected chi connectivity index (χ4v) is 4.13. The monoisotopic (exact) mass is 388 g/mol. The van der Waals surface area contributed by atoms with E-state index in [-0.39, 0.29) is 0 Å². The zero-order valence-corrected chi connectivity index (χ0v) is 13.3. The number of ether oxygens (including phenoxy) is 1. The van der Waals surface area contributed by atoms with Gasteiger partial charge in [0.2, 0.25) is 0 Å². The number of alkyl halides is 1. The molecule has 2 bridgehead atoms. The van der Waals surface area contributed by atoms with Gasteiger partial charge in [-0.1, -0.05) is 0 Å². The number of hydrogen-bond acceptors (Lipinski definition) is 2. The summed E-state index contributed by atoms with van der Waals surface area (Å²) in [6.07, 6.45) is 4.28.